The molecule has 12 heteroatoms. The second kappa shape index (κ2) is 11.4. The van der Waals surface area contributed by atoms with Crippen molar-refractivity contribution in [3.8, 4) is 11.3 Å². The predicted octanol–water partition coefficient (Wildman–Crippen LogP) is 7.49. The van der Waals surface area contributed by atoms with Gasteiger partial charge in [-0.3, -0.25) is 25.2 Å². The van der Waals surface area contributed by atoms with E-state index in [2.05, 4.69) is 10.3 Å². The SMILES string of the molecule is O=[N+]([O-])c1ccc(Sc2ccc(N3C(=S)NC(c4ccccn4)C3c3ccc(-c4cccc([N+](=O)[O-])c4)o3)cc2)cc1. The number of nitrogens with zero attached hydrogens (tertiary/aromatic N) is 4. The lowest BCUT2D eigenvalue weighted by Gasteiger charge is -2.26. The number of thiocarbonyl (C=S) groups is 1. The van der Waals surface area contributed by atoms with Gasteiger partial charge in [-0.15, -0.1) is 0 Å². The molecule has 5 aromatic rings. The van der Waals surface area contributed by atoms with Crippen molar-refractivity contribution in [3.63, 3.8) is 0 Å². The summed E-state index contributed by atoms with van der Waals surface area (Å²) in [5.74, 6) is 1.12. The molecule has 0 spiro atoms. The first kappa shape index (κ1) is 27.1. The third kappa shape index (κ3) is 5.45. The average molecular weight is 596 g/mol. The van der Waals surface area contributed by atoms with Gasteiger partial charge in [-0.05, 0) is 72.9 Å². The molecule has 1 aliphatic heterocycles. The highest BCUT2D eigenvalue weighted by molar-refractivity contribution is 7.99. The number of benzene rings is 3. The molecular weight excluding hydrogens is 574 g/mol. The van der Waals surface area contributed by atoms with E-state index in [4.69, 9.17) is 16.6 Å². The van der Waals surface area contributed by atoms with E-state index in [-0.39, 0.29) is 17.4 Å². The molecule has 0 aliphatic carbocycles. The van der Waals surface area contributed by atoms with Gasteiger partial charge in [0.1, 0.15) is 17.6 Å². The summed E-state index contributed by atoms with van der Waals surface area (Å²) in [5, 5.41) is 26.2. The minimum atomic E-state index is -0.435. The number of hydrogen-bond donors (Lipinski definition) is 1. The van der Waals surface area contributed by atoms with E-state index in [9.17, 15) is 20.2 Å². The van der Waals surface area contributed by atoms with Crippen molar-refractivity contribution in [1.29, 1.82) is 0 Å². The van der Waals surface area contributed by atoms with E-state index < -0.39 is 15.9 Å². The van der Waals surface area contributed by atoms with Crippen LogP contribution in [0.1, 0.15) is 23.5 Å². The molecule has 0 amide bonds. The van der Waals surface area contributed by atoms with Crippen LogP contribution in [0, 0.1) is 20.2 Å². The van der Waals surface area contributed by atoms with Crippen LogP contribution in [0.5, 0.6) is 0 Å². The minimum absolute atomic E-state index is 0.0196. The average Bonchev–Trinajstić information content (AvgIpc) is 3.63. The highest BCUT2D eigenvalue weighted by Gasteiger charge is 2.42. The Hall–Kier alpha value is -5.07. The first-order valence-corrected chi connectivity index (χ1v) is 14.0. The third-order valence-corrected chi connectivity index (χ3v) is 8.09. The van der Waals surface area contributed by atoms with Crippen molar-refractivity contribution in [1.82, 2.24) is 10.3 Å². The molecule has 1 aliphatic rings. The Morgan fingerprint density at radius 2 is 1.55 bits per heavy atom. The maximum absolute atomic E-state index is 11.3. The Bertz CT molecular complexity index is 1780. The van der Waals surface area contributed by atoms with Crippen LogP contribution in [-0.4, -0.2) is 19.9 Å². The van der Waals surface area contributed by atoms with Crippen LogP contribution in [0.25, 0.3) is 11.3 Å². The Balaban J connectivity index is 1.32. The number of nitrogens with one attached hydrogen (secondary N) is 1. The Kier molecular flexibility index (Phi) is 7.38. The van der Waals surface area contributed by atoms with Crippen molar-refractivity contribution in [2.24, 2.45) is 0 Å². The Labute approximate surface area is 249 Å². The van der Waals surface area contributed by atoms with E-state index in [1.54, 1.807) is 36.5 Å². The number of nitro groups is 2. The van der Waals surface area contributed by atoms with Gasteiger partial charge in [0.05, 0.1) is 21.6 Å². The molecule has 0 bridgehead atoms. The van der Waals surface area contributed by atoms with Crippen LogP contribution < -0.4 is 10.2 Å². The molecule has 2 aromatic heterocycles. The number of aromatic nitrogens is 1. The molecule has 6 rings (SSSR count). The summed E-state index contributed by atoms with van der Waals surface area (Å²) >= 11 is 7.30. The van der Waals surface area contributed by atoms with Gasteiger partial charge < -0.3 is 14.6 Å². The lowest BCUT2D eigenvalue weighted by molar-refractivity contribution is -0.385. The monoisotopic (exact) mass is 595 g/mol. The van der Waals surface area contributed by atoms with Crippen LogP contribution in [0.2, 0.25) is 0 Å². The van der Waals surface area contributed by atoms with Crippen molar-refractivity contribution in [2.75, 3.05) is 4.90 Å². The smallest absolute Gasteiger partial charge is 0.270 e. The lowest BCUT2D eigenvalue weighted by Crippen LogP contribution is -2.29. The zero-order valence-electron chi connectivity index (χ0n) is 21.7. The van der Waals surface area contributed by atoms with Gasteiger partial charge >= 0.3 is 0 Å². The zero-order valence-corrected chi connectivity index (χ0v) is 23.3. The fraction of sp³-hybridized carbons (Fsp3) is 0.0667. The lowest BCUT2D eigenvalue weighted by atomic mass is 10.0. The van der Waals surface area contributed by atoms with Crippen LogP contribution in [0.4, 0.5) is 17.1 Å². The Morgan fingerprint density at radius 1 is 0.833 bits per heavy atom. The molecule has 3 heterocycles. The number of nitro benzene ring substituents is 2. The standard InChI is InChI=1S/C30H21N5O5S2/c36-34(37)21-9-13-24(14-10-21)42-23-11-7-20(8-12-23)33-29(28(32-30(33)41)25-6-1-2-17-31-25)27-16-15-26(40-27)19-4-3-5-22(18-19)35(38)39/h1-18,28-29H,(H,32,41). The van der Waals surface area contributed by atoms with Gasteiger partial charge in [0.25, 0.3) is 11.4 Å². The van der Waals surface area contributed by atoms with Gasteiger partial charge in [0.15, 0.2) is 5.11 Å². The fourth-order valence-electron chi connectivity index (χ4n) is 4.81. The molecule has 2 unspecified atom stereocenters. The largest absolute Gasteiger partial charge is 0.459 e. The summed E-state index contributed by atoms with van der Waals surface area (Å²) in [4.78, 5) is 29.8. The molecule has 208 valence electrons. The topological polar surface area (TPSA) is 128 Å². The van der Waals surface area contributed by atoms with Gasteiger partial charge in [0.2, 0.25) is 0 Å². The molecule has 10 nitrogen and oxygen atoms in total. The molecule has 3 aromatic carbocycles. The van der Waals surface area contributed by atoms with E-state index in [1.165, 1.54) is 36.0 Å². The van der Waals surface area contributed by atoms with Gasteiger partial charge in [0, 0.05) is 51.5 Å². The first-order valence-electron chi connectivity index (χ1n) is 12.7. The first-order chi connectivity index (χ1) is 20.4. The fourth-order valence-corrected chi connectivity index (χ4v) is 5.97. The summed E-state index contributed by atoms with van der Waals surface area (Å²) in [6, 6.07) is 29.2. The van der Waals surface area contributed by atoms with Crippen molar-refractivity contribution in [2.45, 2.75) is 21.9 Å². The molecule has 42 heavy (non-hydrogen) atoms. The van der Waals surface area contributed by atoms with E-state index >= 15 is 0 Å². The predicted molar refractivity (Wildman–Crippen MR) is 162 cm³/mol. The highest BCUT2D eigenvalue weighted by atomic mass is 32.2. The van der Waals surface area contributed by atoms with E-state index in [1.807, 2.05) is 53.4 Å². The van der Waals surface area contributed by atoms with Crippen LogP contribution in [-0.2, 0) is 0 Å². The molecule has 0 radical (unpaired) electrons. The summed E-state index contributed by atoms with van der Waals surface area (Å²) < 4.78 is 6.33. The number of rotatable bonds is 8. The highest BCUT2D eigenvalue weighted by Crippen LogP contribution is 2.43. The molecule has 0 saturated carbocycles. The van der Waals surface area contributed by atoms with Crippen LogP contribution in [0.15, 0.2) is 124 Å². The summed E-state index contributed by atoms with van der Waals surface area (Å²) in [6.45, 7) is 0. The molecule has 1 fully saturated rings. The minimum Gasteiger partial charge on any atom is -0.459 e. The zero-order chi connectivity index (χ0) is 29.2. The summed E-state index contributed by atoms with van der Waals surface area (Å²) in [6.07, 6.45) is 1.72. The summed E-state index contributed by atoms with van der Waals surface area (Å²) in [5.41, 5.74) is 2.24. The van der Waals surface area contributed by atoms with E-state index in [0.29, 0.717) is 22.2 Å². The number of hydrogen-bond acceptors (Lipinski definition) is 8. The van der Waals surface area contributed by atoms with Crippen LogP contribution in [0.3, 0.4) is 0 Å². The normalized spacial score (nSPS) is 16.3. The Morgan fingerprint density at radius 3 is 2.21 bits per heavy atom. The molecular formula is C30H21N5O5S2. The summed E-state index contributed by atoms with van der Waals surface area (Å²) in [7, 11) is 0. The molecule has 2 atom stereocenters. The number of non-ortho nitro benzene ring substituents is 2. The van der Waals surface area contributed by atoms with E-state index in [0.717, 1.165) is 21.2 Å². The van der Waals surface area contributed by atoms with Crippen LogP contribution >= 0.6 is 24.0 Å². The molecule has 1 saturated heterocycles. The number of anilines is 1. The quantitative estimate of drug-likeness (QED) is 0.109. The van der Waals surface area contributed by atoms with Gasteiger partial charge in [-0.25, -0.2) is 0 Å². The second-order valence-electron chi connectivity index (χ2n) is 9.35. The van der Waals surface area contributed by atoms with Crippen molar-refractivity contribution in [3.05, 3.63) is 141 Å². The van der Waals surface area contributed by atoms with Gasteiger partial charge in [-0.1, -0.05) is 30.0 Å². The maximum atomic E-state index is 11.3. The maximum Gasteiger partial charge on any atom is 0.270 e. The second-order valence-corrected chi connectivity index (χ2v) is 10.9. The van der Waals surface area contributed by atoms with Crippen molar-refractivity contribution >= 4 is 46.2 Å². The molecule has 1 N–H and O–H groups in total. The van der Waals surface area contributed by atoms with Crippen molar-refractivity contribution < 1.29 is 14.3 Å². The number of furan rings is 1. The number of pyridine rings is 1. The van der Waals surface area contributed by atoms with Gasteiger partial charge in [-0.2, -0.15) is 0 Å². The third-order valence-electron chi connectivity index (χ3n) is 6.76.